The normalized spacial score (nSPS) is 5.60. The van der Waals surface area contributed by atoms with E-state index in [1.165, 1.54) is 0 Å². The molecule has 0 aromatic heterocycles. The van der Waals surface area contributed by atoms with Gasteiger partial charge in [-0.1, -0.05) is 0 Å². The molecule has 0 fully saturated rings. The molecule has 5 heavy (non-hydrogen) atoms. The van der Waals surface area contributed by atoms with Crippen LogP contribution < -0.4 is 0 Å². The summed E-state index contributed by atoms with van der Waals surface area (Å²) in [5.41, 5.74) is 0. The summed E-state index contributed by atoms with van der Waals surface area (Å²) in [6.07, 6.45) is 5.15. The Kier molecular flexibility index (Phi) is 2.91. The lowest BCUT2D eigenvalue weighted by molar-refractivity contribution is 1.82. The second-order valence-electron chi connectivity index (χ2n) is 0.664. The largest absolute Gasteiger partial charge is 0.0392 e. The van der Waals surface area contributed by atoms with Crippen molar-refractivity contribution in [3.8, 4) is 0 Å². The number of allylic oxidation sites excluding steroid dienone is 2. The molecule has 0 aromatic carbocycles. The fraction of sp³-hybridized carbons (Fsp3) is 0. The smallest absolute Gasteiger partial charge is 0.0129 e. The maximum absolute atomic E-state index is 3.42. The fourth-order valence-electron chi connectivity index (χ4n) is 0.0962. The van der Waals surface area contributed by atoms with Gasteiger partial charge in [0.2, 0.25) is 0 Å². The molecule has 0 saturated heterocycles. The number of hydrogen-bond acceptors (Lipinski definition) is 0. The Hall–Kier alpha value is -0.650. The van der Waals surface area contributed by atoms with Crippen LogP contribution in [0.2, 0.25) is 0 Å². The van der Waals surface area contributed by atoms with Gasteiger partial charge in [-0.15, -0.1) is 0 Å². The monoisotopic (exact) mass is 67.1 g/mol. The maximum Gasteiger partial charge on any atom is 0.0392 e. The molecule has 0 nitrogen and oxygen atoms in total. The molecule has 0 N–H and O–H groups in total. The third-order valence-electron chi connectivity index (χ3n) is 0.272. The Morgan fingerprint density at radius 2 is 1.60 bits per heavy atom. The van der Waals surface area contributed by atoms with Gasteiger partial charge in [0.05, 0.1) is 0 Å². The van der Waals surface area contributed by atoms with Crippen LogP contribution in [0, 0.1) is 6.42 Å². The number of hydrogen-bond donors (Lipinski definition) is 0. The quantitative estimate of drug-likeness (QED) is 0.430. The van der Waals surface area contributed by atoms with Gasteiger partial charge in [-0.3, -0.25) is 0 Å². The standard InChI is InChI=1S/C5H7/c1-3-5-4-2/h3-5H,1-2H2/q+1. The molecule has 0 unspecified atom stereocenters. The first-order valence-corrected chi connectivity index (χ1v) is 1.48. The van der Waals surface area contributed by atoms with E-state index in [1.54, 1.807) is 18.6 Å². The van der Waals surface area contributed by atoms with Crippen LogP contribution in [0.25, 0.3) is 0 Å². The van der Waals surface area contributed by atoms with E-state index >= 15 is 0 Å². The van der Waals surface area contributed by atoms with Crippen molar-refractivity contribution >= 4 is 0 Å². The second-order valence-corrected chi connectivity index (χ2v) is 0.664. The van der Waals surface area contributed by atoms with Crippen LogP contribution in [0.15, 0.2) is 25.3 Å². The molecular formula is C5H7+. The van der Waals surface area contributed by atoms with Crippen LogP contribution in [-0.2, 0) is 0 Å². The van der Waals surface area contributed by atoms with Crippen LogP contribution in [0.4, 0.5) is 0 Å². The Bertz CT molecular complexity index is 29.3. The first-order valence-electron chi connectivity index (χ1n) is 1.48. The molecule has 0 heterocycles. The second kappa shape index (κ2) is 3.35. The van der Waals surface area contributed by atoms with Crippen LogP contribution in [0.1, 0.15) is 0 Å². The van der Waals surface area contributed by atoms with E-state index in [0.29, 0.717) is 0 Å². The lowest BCUT2D eigenvalue weighted by atomic mass is 10.4. The predicted octanol–water partition coefficient (Wildman–Crippen LogP) is 1.56. The summed E-state index contributed by atoms with van der Waals surface area (Å²) in [6, 6.07) is 0. The first-order chi connectivity index (χ1) is 2.41. The molecule has 0 atom stereocenters. The highest BCUT2D eigenvalue weighted by Gasteiger charge is 1.62. The Morgan fingerprint density at radius 1 is 1.20 bits per heavy atom. The molecule has 26 valence electrons. The van der Waals surface area contributed by atoms with Crippen LogP contribution >= 0.6 is 0 Å². The summed E-state index contributed by atoms with van der Waals surface area (Å²) in [5.74, 6) is 0. The van der Waals surface area contributed by atoms with Gasteiger partial charge in [0, 0.05) is 18.6 Å². The Morgan fingerprint density at radius 3 is 1.60 bits per heavy atom. The summed E-state index contributed by atoms with van der Waals surface area (Å²) in [7, 11) is 0. The summed E-state index contributed by atoms with van der Waals surface area (Å²) < 4.78 is 0. The van der Waals surface area contributed by atoms with Gasteiger partial charge in [-0.2, -0.15) is 0 Å². The van der Waals surface area contributed by atoms with E-state index in [1.807, 2.05) is 0 Å². The van der Waals surface area contributed by atoms with Crippen molar-refractivity contribution in [3.05, 3.63) is 31.7 Å². The van der Waals surface area contributed by atoms with Gasteiger partial charge in [-0.05, 0) is 13.2 Å². The van der Waals surface area contributed by atoms with Crippen molar-refractivity contribution in [1.29, 1.82) is 0 Å². The van der Waals surface area contributed by atoms with Gasteiger partial charge < -0.3 is 0 Å². The molecule has 0 heteroatoms. The van der Waals surface area contributed by atoms with Crippen LogP contribution in [0.5, 0.6) is 0 Å². The molecule has 0 aromatic rings. The van der Waals surface area contributed by atoms with E-state index in [9.17, 15) is 0 Å². The van der Waals surface area contributed by atoms with Crippen molar-refractivity contribution in [3.63, 3.8) is 0 Å². The van der Waals surface area contributed by atoms with Gasteiger partial charge in [0.25, 0.3) is 0 Å². The predicted molar refractivity (Wildman–Crippen MR) is 24.7 cm³/mol. The fourth-order valence-corrected chi connectivity index (χ4v) is 0.0962. The molecular weight excluding hydrogens is 60.1 g/mol. The van der Waals surface area contributed by atoms with E-state index in [0.717, 1.165) is 0 Å². The average molecular weight is 67.1 g/mol. The van der Waals surface area contributed by atoms with E-state index in [2.05, 4.69) is 13.2 Å². The summed E-state index contributed by atoms with van der Waals surface area (Å²) in [4.78, 5) is 0. The topological polar surface area (TPSA) is 0 Å². The van der Waals surface area contributed by atoms with Crippen LogP contribution in [0.3, 0.4) is 0 Å². The molecule has 0 bridgehead atoms. The Balaban J connectivity index is 2.65. The minimum absolute atomic E-state index is 1.69. The van der Waals surface area contributed by atoms with Gasteiger partial charge >= 0.3 is 0 Å². The minimum atomic E-state index is 1.69. The maximum atomic E-state index is 3.42. The van der Waals surface area contributed by atoms with Crippen molar-refractivity contribution < 1.29 is 0 Å². The zero-order valence-corrected chi connectivity index (χ0v) is 3.15. The average Bonchev–Trinajstić information content (AvgIpc) is 1.41. The zero-order valence-electron chi connectivity index (χ0n) is 3.15. The molecule has 0 aliphatic carbocycles. The molecule has 0 saturated carbocycles. The molecule has 0 aliphatic rings. The highest BCUT2D eigenvalue weighted by atomic mass is 13.6. The van der Waals surface area contributed by atoms with Crippen molar-refractivity contribution in [2.45, 2.75) is 0 Å². The number of rotatable bonds is 2. The van der Waals surface area contributed by atoms with Gasteiger partial charge in [0.15, 0.2) is 0 Å². The highest BCUT2D eigenvalue weighted by Crippen LogP contribution is 1.71. The van der Waals surface area contributed by atoms with E-state index in [4.69, 9.17) is 0 Å². The Labute approximate surface area is 32.8 Å². The molecule has 0 aliphatic heterocycles. The summed E-state index contributed by atoms with van der Waals surface area (Å²) in [6.45, 7) is 6.85. The van der Waals surface area contributed by atoms with Gasteiger partial charge in [0.1, 0.15) is 0 Å². The lowest BCUT2D eigenvalue weighted by Gasteiger charge is -1.55. The van der Waals surface area contributed by atoms with E-state index < -0.39 is 0 Å². The third-order valence-corrected chi connectivity index (χ3v) is 0.272. The zero-order chi connectivity index (χ0) is 4.12. The summed E-state index contributed by atoms with van der Waals surface area (Å²) >= 11 is 0. The SMILES string of the molecule is C=C[CH+]C=C. The molecule has 0 radical (unpaired) electrons. The minimum Gasteiger partial charge on any atom is -0.0129 e. The lowest BCUT2D eigenvalue weighted by Crippen LogP contribution is -1.46. The van der Waals surface area contributed by atoms with E-state index in [-0.39, 0.29) is 0 Å². The van der Waals surface area contributed by atoms with Gasteiger partial charge in [-0.25, -0.2) is 0 Å². The van der Waals surface area contributed by atoms with Crippen molar-refractivity contribution in [2.75, 3.05) is 0 Å². The summed E-state index contributed by atoms with van der Waals surface area (Å²) in [5, 5.41) is 0. The molecule has 0 spiro atoms. The molecule has 0 amide bonds. The highest BCUT2D eigenvalue weighted by molar-refractivity contribution is 5.00. The molecule has 0 rings (SSSR count). The van der Waals surface area contributed by atoms with Crippen molar-refractivity contribution in [1.82, 2.24) is 0 Å². The third kappa shape index (κ3) is 3.35. The first kappa shape index (κ1) is 4.35. The van der Waals surface area contributed by atoms with Crippen LogP contribution in [-0.4, -0.2) is 0 Å². The van der Waals surface area contributed by atoms with Crippen molar-refractivity contribution in [2.24, 2.45) is 0 Å².